The van der Waals surface area contributed by atoms with Gasteiger partial charge in [0.2, 0.25) is 0 Å². The average Bonchev–Trinajstić information content (AvgIpc) is 2.27. The summed E-state index contributed by atoms with van der Waals surface area (Å²) in [6.45, 7) is 2.31. The van der Waals surface area contributed by atoms with E-state index in [0.717, 1.165) is 18.5 Å². The predicted octanol–water partition coefficient (Wildman–Crippen LogP) is 2.95. The summed E-state index contributed by atoms with van der Waals surface area (Å²) >= 11 is 0. The van der Waals surface area contributed by atoms with E-state index in [0.29, 0.717) is 0 Å². The third kappa shape index (κ3) is 3.27. The first kappa shape index (κ1) is 12.1. The fourth-order valence-corrected chi connectivity index (χ4v) is 1.43. The Hall–Kier alpha value is -0.960. The van der Waals surface area contributed by atoms with Crippen molar-refractivity contribution in [2.24, 2.45) is 0 Å². The predicted molar refractivity (Wildman–Crippen MR) is 58.3 cm³/mol. The molecule has 0 saturated carbocycles. The molecule has 0 aliphatic rings. The van der Waals surface area contributed by atoms with Gasteiger partial charge in [0.05, 0.1) is 0 Å². The number of hydrogen-bond acceptors (Lipinski definition) is 1. The highest BCUT2D eigenvalue weighted by molar-refractivity contribution is 5.27. The van der Waals surface area contributed by atoms with Gasteiger partial charge in [0.1, 0.15) is 0 Å². The second-order valence-electron chi connectivity index (χ2n) is 3.61. The fraction of sp³-hybridized carbons (Fsp3) is 0.500. The van der Waals surface area contributed by atoms with Crippen LogP contribution in [-0.4, -0.2) is 13.6 Å². The molecule has 0 spiro atoms. The van der Waals surface area contributed by atoms with Crippen LogP contribution in [0, 0.1) is 0 Å². The van der Waals surface area contributed by atoms with Crippen LogP contribution in [0.1, 0.15) is 24.5 Å². The molecule has 15 heavy (non-hydrogen) atoms. The first-order valence-corrected chi connectivity index (χ1v) is 5.22. The highest BCUT2D eigenvalue weighted by Gasteiger charge is 2.28. The van der Waals surface area contributed by atoms with Gasteiger partial charge in [0.25, 0.3) is 5.92 Å². The Morgan fingerprint density at radius 3 is 2.67 bits per heavy atom. The highest BCUT2D eigenvalue weighted by atomic mass is 19.3. The molecular weight excluding hydrogens is 196 g/mol. The van der Waals surface area contributed by atoms with E-state index in [1.807, 2.05) is 13.1 Å². The standard InChI is InChI=1S/C12H17F2N/c1-3-12(13,14)11-6-4-5-10(9-11)7-8-15-2/h4-6,9,15H,3,7-8H2,1-2H3. The van der Waals surface area contributed by atoms with Crippen LogP contribution in [0.2, 0.25) is 0 Å². The summed E-state index contributed by atoms with van der Waals surface area (Å²) in [5.74, 6) is -2.70. The highest BCUT2D eigenvalue weighted by Crippen LogP contribution is 2.31. The summed E-state index contributed by atoms with van der Waals surface area (Å²) in [7, 11) is 1.85. The van der Waals surface area contributed by atoms with Gasteiger partial charge >= 0.3 is 0 Å². The summed E-state index contributed by atoms with van der Waals surface area (Å²) in [6, 6.07) is 6.67. The van der Waals surface area contributed by atoms with Crippen molar-refractivity contribution in [3.05, 3.63) is 35.4 Å². The number of rotatable bonds is 5. The lowest BCUT2D eigenvalue weighted by Gasteiger charge is -2.15. The zero-order valence-corrected chi connectivity index (χ0v) is 9.19. The smallest absolute Gasteiger partial charge is 0.273 e. The van der Waals surface area contributed by atoms with Crippen LogP contribution in [0.4, 0.5) is 8.78 Å². The fourth-order valence-electron chi connectivity index (χ4n) is 1.43. The van der Waals surface area contributed by atoms with Crippen molar-refractivity contribution in [1.29, 1.82) is 0 Å². The lowest BCUT2D eigenvalue weighted by Crippen LogP contribution is -2.13. The molecule has 1 aromatic rings. The maximum atomic E-state index is 13.4. The molecule has 0 bridgehead atoms. The molecule has 3 heteroatoms. The molecule has 0 unspecified atom stereocenters. The van der Waals surface area contributed by atoms with E-state index < -0.39 is 5.92 Å². The van der Waals surface area contributed by atoms with Crippen LogP contribution in [0.25, 0.3) is 0 Å². The molecule has 1 N–H and O–H groups in total. The van der Waals surface area contributed by atoms with Gasteiger partial charge in [-0.15, -0.1) is 0 Å². The van der Waals surface area contributed by atoms with Gasteiger partial charge in [0.15, 0.2) is 0 Å². The van der Waals surface area contributed by atoms with Gasteiger partial charge in [0, 0.05) is 12.0 Å². The van der Waals surface area contributed by atoms with Crippen LogP contribution < -0.4 is 5.32 Å². The summed E-state index contributed by atoms with van der Waals surface area (Å²) in [5.41, 5.74) is 1.08. The number of halogens is 2. The zero-order valence-electron chi connectivity index (χ0n) is 9.19. The third-order valence-corrected chi connectivity index (χ3v) is 2.46. The van der Waals surface area contributed by atoms with Crippen LogP contribution in [0.15, 0.2) is 24.3 Å². The van der Waals surface area contributed by atoms with E-state index in [1.165, 1.54) is 13.0 Å². The topological polar surface area (TPSA) is 12.0 Å². The molecule has 1 rings (SSSR count). The largest absolute Gasteiger partial charge is 0.319 e. The first-order valence-electron chi connectivity index (χ1n) is 5.22. The normalized spacial score (nSPS) is 11.7. The first-order chi connectivity index (χ1) is 7.10. The molecule has 1 nitrogen and oxygen atoms in total. The number of likely N-dealkylation sites (N-methyl/N-ethyl adjacent to an activating group) is 1. The number of benzene rings is 1. The molecule has 0 aliphatic carbocycles. The number of alkyl halides is 2. The average molecular weight is 213 g/mol. The molecule has 0 fully saturated rings. The van der Waals surface area contributed by atoms with E-state index in [-0.39, 0.29) is 12.0 Å². The molecule has 1 aromatic carbocycles. The van der Waals surface area contributed by atoms with Crippen LogP contribution in [-0.2, 0) is 12.3 Å². The lowest BCUT2D eigenvalue weighted by molar-refractivity contribution is -0.00835. The van der Waals surface area contributed by atoms with Crippen molar-refractivity contribution in [3.63, 3.8) is 0 Å². The van der Waals surface area contributed by atoms with Gasteiger partial charge in [-0.1, -0.05) is 25.1 Å². The van der Waals surface area contributed by atoms with Crippen molar-refractivity contribution in [1.82, 2.24) is 5.32 Å². The zero-order chi connectivity index (χ0) is 11.3. The van der Waals surface area contributed by atoms with Crippen molar-refractivity contribution >= 4 is 0 Å². The number of nitrogens with one attached hydrogen (secondary N) is 1. The van der Waals surface area contributed by atoms with Gasteiger partial charge in [-0.2, -0.15) is 0 Å². The Morgan fingerprint density at radius 1 is 1.33 bits per heavy atom. The van der Waals surface area contributed by atoms with Crippen molar-refractivity contribution in [3.8, 4) is 0 Å². The maximum absolute atomic E-state index is 13.4. The van der Waals surface area contributed by atoms with E-state index in [4.69, 9.17) is 0 Å². The minimum atomic E-state index is -2.70. The van der Waals surface area contributed by atoms with Gasteiger partial charge < -0.3 is 5.32 Å². The van der Waals surface area contributed by atoms with Crippen LogP contribution >= 0.6 is 0 Å². The van der Waals surface area contributed by atoms with Gasteiger partial charge in [-0.3, -0.25) is 0 Å². The Bertz CT molecular complexity index is 310. The Balaban J connectivity index is 2.82. The number of hydrogen-bond donors (Lipinski definition) is 1. The minimum absolute atomic E-state index is 0.124. The quantitative estimate of drug-likeness (QED) is 0.793. The SMILES string of the molecule is CCC(F)(F)c1cccc(CCNC)c1. The Morgan fingerprint density at radius 2 is 2.07 bits per heavy atom. The summed E-state index contributed by atoms with van der Waals surface area (Å²) in [5, 5.41) is 3.00. The molecule has 0 amide bonds. The van der Waals surface area contributed by atoms with Crippen molar-refractivity contribution in [2.75, 3.05) is 13.6 Å². The van der Waals surface area contributed by atoms with Gasteiger partial charge in [-0.05, 0) is 31.6 Å². The molecular formula is C12H17F2N. The second kappa shape index (κ2) is 5.21. The summed E-state index contributed by atoms with van der Waals surface area (Å²) < 4.78 is 26.7. The van der Waals surface area contributed by atoms with E-state index in [9.17, 15) is 8.78 Å². The van der Waals surface area contributed by atoms with E-state index >= 15 is 0 Å². The van der Waals surface area contributed by atoms with Crippen LogP contribution in [0.3, 0.4) is 0 Å². The molecule has 0 aliphatic heterocycles. The molecule has 84 valence electrons. The summed E-state index contributed by atoms with van der Waals surface area (Å²) in [4.78, 5) is 0. The lowest BCUT2D eigenvalue weighted by atomic mass is 10.0. The Labute approximate surface area is 89.5 Å². The van der Waals surface area contributed by atoms with Gasteiger partial charge in [-0.25, -0.2) is 8.78 Å². The summed E-state index contributed by atoms with van der Waals surface area (Å²) in [6.07, 6.45) is 0.632. The van der Waals surface area contributed by atoms with E-state index in [1.54, 1.807) is 12.1 Å². The van der Waals surface area contributed by atoms with E-state index in [2.05, 4.69) is 5.32 Å². The Kier molecular flexibility index (Phi) is 4.21. The minimum Gasteiger partial charge on any atom is -0.319 e. The second-order valence-corrected chi connectivity index (χ2v) is 3.61. The molecule has 0 heterocycles. The van der Waals surface area contributed by atoms with Crippen LogP contribution in [0.5, 0.6) is 0 Å². The van der Waals surface area contributed by atoms with Crippen molar-refractivity contribution < 1.29 is 8.78 Å². The monoisotopic (exact) mass is 213 g/mol. The molecule has 0 atom stereocenters. The third-order valence-electron chi connectivity index (χ3n) is 2.46. The maximum Gasteiger partial charge on any atom is 0.273 e. The molecule has 0 saturated heterocycles. The molecule has 0 aromatic heterocycles. The van der Waals surface area contributed by atoms with Crippen molar-refractivity contribution in [2.45, 2.75) is 25.7 Å². The molecule has 0 radical (unpaired) electrons.